The van der Waals surface area contributed by atoms with E-state index in [1.165, 1.54) is 23.9 Å². The summed E-state index contributed by atoms with van der Waals surface area (Å²) in [7, 11) is 0. The van der Waals surface area contributed by atoms with Gasteiger partial charge in [0, 0.05) is 15.5 Å². The minimum Gasteiger partial charge on any atom is -0.406 e. The molecule has 0 atom stereocenters. The lowest BCUT2D eigenvalue weighted by atomic mass is 10.3. The molecular weight excluding hydrogens is 275 g/mol. The number of nitrogen functional groups attached to an aromatic ring is 1. The molecule has 0 radical (unpaired) electrons. The molecule has 0 aliphatic rings. The smallest absolute Gasteiger partial charge is 0.406 e. The molecule has 0 unspecified atom stereocenters. The molecule has 0 aliphatic carbocycles. The summed E-state index contributed by atoms with van der Waals surface area (Å²) in [6, 6.07) is 12.9. The zero-order valence-electron chi connectivity index (χ0n) is 9.65. The fourth-order valence-electron chi connectivity index (χ4n) is 1.38. The van der Waals surface area contributed by atoms with Crippen LogP contribution in [0.5, 0.6) is 5.75 Å². The first-order valence-electron chi connectivity index (χ1n) is 5.31. The van der Waals surface area contributed by atoms with Gasteiger partial charge in [0.2, 0.25) is 0 Å². The Labute approximate surface area is 112 Å². The lowest BCUT2D eigenvalue weighted by Gasteiger charge is -2.09. The summed E-state index contributed by atoms with van der Waals surface area (Å²) in [5.74, 6) is -0.228. The molecule has 2 aromatic rings. The predicted octanol–water partition coefficient (Wildman–Crippen LogP) is 4.32. The Bertz CT molecular complexity index is 537. The molecule has 0 heterocycles. The van der Waals surface area contributed by atoms with Crippen molar-refractivity contribution < 1.29 is 17.9 Å². The van der Waals surface area contributed by atoms with E-state index in [9.17, 15) is 13.2 Å². The summed E-state index contributed by atoms with van der Waals surface area (Å²) < 4.78 is 39.8. The molecule has 2 rings (SSSR count). The number of hydrogen-bond donors (Lipinski definition) is 1. The number of halogens is 3. The van der Waals surface area contributed by atoms with Crippen molar-refractivity contribution in [1.29, 1.82) is 0 Å². The second-order valence-corrected chi connectivity index (χ2v) is 4.84. The molecule has 0 saturated heterocycles. The molecular formula is C13H10F3NOS. The first kappa shape index (κ1) is 13.6. The first-order chi connectivity index (χ1) is 8.92. The zero-order valence-corrected chi connectivity index (χ0v) is 10.5. The third-order valence-electron chi connectivity index (χ3n) is 2.17. The Morgan fingerprint density at radius 1 is 0.842 bits per heavy atom. The summed E-state index contributed by atoms with van der Waals surface area (Å²) in [6.07, 6.45) is -4.66. The van der Waals surface area contributed by atoms with Crippen LogP contribution in [0.15, 0.2) is 58.3 Å². The number of nitrogens with two attached hydrogens (primary N) is 1. The van der Waals surface area contributed by atoms with Gasteiger partial charge in [-0.25, -0.2) is 0 Å². The van der Waals surface area contributed by atoms with Gasteiger partial charge >= 0.3 is 6.36 Å². The highest BCUT2D eigenvalue weighted by Gasteiger charge is 2.30. The highest BCUT2D eigenvalue weighted by atomic mass is 32.2. The van der Waals surface area contributed by atoms with Gasteiger partial charge < -0.3 is 10.5 Å². The molecule has 19 heavy (non-hydrogen) atoms. The van der Waals surface area contributed by atoms with Gasteiger partial charge in [-0.3, -0.25) is 0 Å². The quantitative estimate of drug-likeness (QED) is 0.853. The Morgan fingerprint density at radius 3 is 1.79 bits per heavy atom. The van der Waals surface area contributed by atoms with Gasteiger partial charge in [0.25, 0.3) is 0 Å². The van der Waals surface area contributed by atoms with E-state index in [2.05, 4.69) is 4.74 Å². The minimum atomic E-state index is -4.66. The van der Waals surface area contributed by atoms with Gasteiger partial charge in [-0.15, -0.1) is 13.2 Å². The molecule has 0 spiro atoms. The molecule has 2 N–H and O–H groups in total. The second-order valence-electron chi connectivity index (χ2n) is 3.69. The van der Waals surface area contributed by atoms with Crippen molar-refractivity contribution in [2.45, 2.75) is 16.2 Å². The average molecular weight is 285 g/mol. The Balaban J connectivity index is 2.04. The number of ether oxygens (including phenoxy) is 1. The maximum absolute atomic E-state index is 12.0. The fraction of sp³-hybridized carbons (Fsp3) is 0.0769. The van der Waals surface area contributed by atoms with Gasteiger partial charge in [-0.2, -0.15) is 0 Å². The second kappa shape index (κ2) is 5.44. The summed E-state index contributed by atoms with van der Waals surface area (Å²) in [4.78, 5) is 1.78. The largest absolute Gasteiger partial charge is 0.573 e. The predicted molar refractivity (Wildman–Crippen MR) is 68.1 cm³/mol. The summed E-state index contributed by atoms with van der Waals surface area (Å²) in [5.41, 5.74) is 6.23. The van der Waals surface area contributed by atoms with Gasteiger partial charge in [-0.05, 0) is 48.5 Å². The van der Waals surface area contributed by atoms with E-state index in [1.807, 2.05) is 12.1 Å². The number of rotatable bonds is 3. The maximum atomic E-state index is 12.0. The summed E-state index contributed by atoms with van der Waals surface area (Å²) in [5, 5.41) is 0. The SMILES string of the molecule is Nc1ccc(Sc2ccc(OC(F)(F)F)cc2)cc1. The molecule has 100 valence electrons. The number of anilines is 1. The van der Waals surface area contributed by atoms with Gasteiger partial charge in [0.15, 0.2) is 0 Å². The number of hydrogen-bond acceptors (Lipinski definition) is 3. The standard InChI is InChI=1S/C13H10F3NOS/c14-13(15,16)18-10-3-7-12(8-4-10)19-11-5-1-9(17)2-6-11/h1-8H,17H2. The molecule has 0 fully saturated rings. The van der Waals surface area contributed by atoms with E-state index in [4.69, 9.17) is 5.73 Å². The molecule has 6 heteroatoms. The van der Waals surface area contributed by atoms with Crippen LogP contribution in [0.3, 0.4) is 0 Å². The van der Waals surface area contributed by atoms with Crippen molar-refractivity contribution in [2.75, 3.05) is 5.73 Å². The molecule has 2 aromatic carbocycles. The van der Waals surface area contributed by atoms with Crippen LogP contribution in [0.4, 0.5) is 18.9 Å². The summed E-state index contributed by atoms with van der Waals surface area (Å²) in [6.45, 7) is 0. The van der Waals surface area contributed by atoms with E-state index < -0.39 is 6.36 Å². The molecule has 0 bridgehead atoms. The molecule has 2 nitrogen and oxygen atoms in total. The highest BCUT2D eigenvalue weighted by Crippen LogP contribution is 2.30. The van der Waals surface area contributed by atoms with E-state index in [-0.39, 0.29) is 5.75 Å². The third kappa shape index (κ3) is 4.40. The van der Waals surface area contributed by atoms with Gasteiger partial charge in [0.1, 0.15) is 5.75 Å². The molecule has 0 amide bonds. The van der Waals surface area contributed by atoms with E-state index in [0.717, 1.165) is 9.79 Å². The lowest BCUT2D eigenvalue weighted by Crippen LogP contribution is -2.16. The van der Waals surface area contributed by atoms with E-state index >= 15 is 0 Å². The van der Waals surface area contributed by atoms with Crippen molar-refractivity contribution >= 4 is 17.4 Å². The Hall–Kier alpha value is -1.82. The van der Waals surface area contributed by atoms with Crippen LogP contribution in [0.2, 0.25) is 0 Å². The lowest BCUT2D eigenvalue weighted by molar-refractivity contribution is -0.274. The van der Waals surface area contributed by atoms with Crippen molar-refractivity contribution in [3.63, 3.8) is 0 Å². The third-order valence-corrected chi connectivity index (χ3v) is 3.19. The van der Waals surface area contributed by atoms with Crippen molar-refractivity contribution in [1.82, 2.24) is 0 Å². The van der Waals surface area contributed by atoms with Crippen molar-refractivity contribution in [3.8, 4) is 5.75 Å². The number of alkyl halides is 3. The highest BCUT2D eigenvalue weighted by molar-refractivity contribution is 7.99. The molecule has 0 saturated carbocycles. The molecule has 0 aliphatic heterocycles. The van der Waals surface area contributed by atoms with Crippen LogP contribution < -0.4 is 10.5 Å². The van der Waals surface area contributed by atoms with Crippen LogP contribution in [-0.4, -0.2) is 6.36 Å². The van der Waals surface area contributed by atoms with Crippen LogP contribution in [0, 0.1) is 0 Å². The molecule has 0 aromatic heterocycles. The first-order valence-corrected chi connectivity index (χ1v) is 6.13. The Kier molecular flexibility index (Phi) is 3.90. The van der Waals surface area contributed by atoms with Crippen LogP contribution in [0.25, 0.3) is 0 Å². The van der Waals surface area contributed by atoms with Crippen molar-refractivity contribution in [2.24, 2.45) is 0 Å². The van der Waals surface area contributed by atoms with Gasteiger partial charge in [-0.1, -0.05) is 11.8 Å². The topological polar surface area (TPSA) is 35.2 Å². The minimum absolute atomic E-state index is 0.228. The van der Waals surface area contributed by atoms with Crippen LogP contribution in [0.1, 0.15) is 0 Å². The maximum Gasteiger partial charge on any atom is 0.573 e. The van der Waals surface area contributed by atoms with E-state index in [0.29, 0.717) is 5.69 Å². The monoisotopic (exact) mass is 285 g/mol. The number of benzene rings is 2. The average Bonchev–Trinajstić information content (AvgIpc) is 2.33. The van der Waals surface area contributed by atoms with Gasteiger partial charge in [0.05, 0.1) is 0 Å². The van der Waals surface area contributed by atoms with Crippen LogP contribution in [-0.2, 0) is 0 Å². The van der Waals surface area contributed by atoms with Crippen molar-refractivity contribution in [3.05, 3.63) is 48.5 Å². The normalized spacial score (nSPS) is 11.3. The van der Waals surface area contributed by atoms with E-state index in [1.54, 1.807) is 24.3 Å². The fourth-order valence-corrected chi connectivity index (χ4v) is 2.20. The summed E-state index contributed by atoms with van der Waals surface area (Å²) >= 11 is 1.43. The van der Waals surface area contributed by atoms with Crippen LogP contribution >= 0.6 is 11.8 Å². The Morgan fingerprint density at radius 2 is 1.32 bits per heavy atom. The zero-order chi connectivity index (χ0) is 13.9.